The Morgan fingerprint density at radius 3 is 2.60 bits per heavy atom. The first-order chi connectivity index (χ1) is 9.52. The van der Waals surface area contributed by atoms with Gasteiger partial charge in [-0.3, -0.25) is 10.1 Å². The van der Waals surface area contributed by atoms with Crippen molar-refractivity contribution in [1.82, 2.24) is 10.1 Å². The Bertz CT molecular complexity index is 594. The second kappa shape index (κ2) is 5.79. The molecule has 1 N–H and O–H groups in total. The van der Waals surface area contributed by atoms with Crippen LogP contribution in [0.25, 0.3) is 11.4 Å². The highest BCUT2D eigenvalue weighted by atomic mass is 16.6. The molecule has 7 heteroatoms. The number of aliphatic hydroxyl groups is 1. The van der Waals surface area contributed by atoms with E-state index in [1.54, 1.807) is 19.1 Å². The maximum Gasteiger partial charge on any atom is 0.269 e. The number of aliphatic hydroxyl groups excluding tert-OH is 1. The van der Waals surface area contributed by atoms with Gasteiger partial charge in [0, 0.05) is 17.7 Å². The molecule has 106 valence electrons. The number of benzene rings is 1. The van der Waals surface area contributed by atoms with Crippen LogP contribution in [0.4, 0.5) is 5.69 Å². The highest BCUT2D eigenvalue weighted by molar-refractivity contribution is 5.56. The van der Waals surface area contributed by atoms with Gasteiger partial charge in [-0.25, -0.2) is 0 Å². The lowest BCUT2D eigenvalue weighted by Gasteiger charge is -2.11. The fraction of sp³-hybridized carbons (Fsp3) is 0.385. The zero-order valence-corrected chi connectivity index (χ0v) is 11.2. The molecule has 2 unspecified atom stereocenters. The Morgan fingerprint density at radius 2 is 2.05 bits per heavy atom. The summed E-state index contributed by atoms with van der Waals surface area (Å²) < 4.78 is 5.13. The van der Waals surface area contributed by atoms with Crippen LogP contribution in [0.15, 0.2) is 28.8 Å². The van der Waals surface area contributed by atoms with Crippen LogP contribution < -0.4 is 0 Å². The van der Waals surface area contributed by atoms with Crippen LogP contribution in [-0.2, 0) is 0 Å². The van der Waals surface area contributed by atoms with Crippen molar-refractivity contribution in [1.29, 1.82) is 0 Å². The summed E-state index contributed by atoms with van der Waals surface area (Å²) in [6.07, 6.45) is 0.0521. The van der Waals surface area contributed by atoms with Gasteiger partial charge in [-0.1, -0.05) is 19.0 Å². The van der Waals surface area contributed by atoms with E-state index >= 15 is 0 Å². The predicted molar refractivity (Wildman–Crippen MR) is 71.1 cm³/mol. The van der Waals surface area contributed by atoms with Crippen molar-refractivity contribution in [2.45, 2.75) is 32.3 Å². The molecule has 2 aromatic rings. The quantitative estimate of drug-likeness (QED) is 0.665. The Kier molecular flexibility index (Phi) is 4.09. The SMILES string of the molecule is CCC(O)C(C)c1nc(-c2ccc([N+](=O)[O-])cc2)no1. The Balaban J connectivity index is 2.22. The zero-order chi connectivity index (χ0) is 14.7. The number of aromatic nitrogens is 2. The van der Waals surface area contributed by atoms with Crippen molar-refractivity contribution < 1.29 is 14.6 Å². The summed E-state index contributed by atoms with van der Waals surface area (Å²) in [5, 5.41) is 24.2. The fourth-order valence-corrected chi connectivity index (χ4v) is 1.79. The molecule has 0 saturated heterocycles. The summed E-state index contributed by atoms with van der Waals surface area (Å²) >= 11 is 0. The van der Waals surface area contributed by atoms with Crippen LogP contribution in [0, 0.1) is 10.1 Å². The third-order valence-corrected chi connectivity index (χ3v) is 3.16. The molecule has 0 amide bonds. The van der Waals surface area contributed by atoms with Gasteiger partial charge in [0.2, 0.25) is 11.7 Å². The van der Waals surface area contributed by atoms with Gasteiger partial charge in [-0.05, 0) is 18.6 Å². The average Bonchev–Trinajstić information content (AvgIpc) is 2.95. The highest BCUT2D eigenvalue weighted by Gasteiger charge is 2.21. The minimum atomic E-state index is -0.542. The maximum absolute atomic E-state index is 10.6. The van der Waals surface area contributed by atoms with E-state index in [1.165, 1.54) is 12.1 Å². The fourth-order valence-electron chi connectivity index (χ4n) is 1.79. The summed E-state index contributed by atoms with van der Waals surface area (Å²) in [6, 6.07) is 5.90. The summed E-state index contributed by atoms with van der Waals surface area (Å²) in [4.78, 5) is 14.3. The maximum atomic E-state index is 10.6. The summed E-state index contributed by atoms with van der Waals surface area (Å²) in [5.41, 5.74) is 0.635. The van der Waals surface area contributed by atoms with E-state index in [9.17, 15) is 15.2 Å². The molecule has 0 fully saturated rings. The molecular weight excluding hydrogens is 262 g/mol. The number of hydrogen-bond acceptors (Lipinski definition) is 6. The van der Waals surface area contributed by atoms with Gasteiger partial charge in [-0.15, -0.1) is 0 Å². The van der Waals surface area contributed by atoms with Crippen molar-refractivity contribution in [3.8, 4) is 11.4 Å². The summed E-state index contributed by atoms with van der Waals surface area (Å²) in [5.74, 6) is 0.456. The van der Waals surface area contributed by atoms with Crippen LogP contribution in [0.3, 0.4) is 0 Å². The van der Waals surface area contributed by atoms with E-state index in [-0.39, 0.29) is 11.6 Å². The molecule has 0 spiro atoms. The molecule has 0 saturated carbocycles. The minimum absolute atomic E-state index is 0.00671. The number of nitro benzene ring substituents is 1. The Labute approximate surface area is 115 Å². The molecule has 0 radical (unpaired) electrons. The topological polar surface area (TPSA) is 102 Å². The largest absolute Gasteiger partial charge is 0.392 e. The van der Waals surface area contributed by atoms with Crippen molar-refractivity contribution in [2.24, 2.45) is 0 Å². The van der Waals surface area contributed by atoms with Gasteiger partial charge in [0.1, 0.15) is 0 Å². The third-order valence-electron chi connectivity index (χ3n) is 3.16. The first-order valence-electron chi connectivity index (χ1n) is 6.29. The molecule has 20 heavy (non-hydrogen) atoms. The number of nitrogens with zero attached hydrogens (tertiary/aromatic N) is 3. The average molecular weight is 277 g/mol. The summed E-state index contributed by atoms with van der Waals surface area (Å²) in [7, 11) is 0. The molecule has 0 aliphatic carbocycles. The lowest BCUT2D eigenvalue weighted by molar-refractivity contribution is -0.384. The lowest BCUT2D eigenvalue weighted by atomic mass is 10.0. The van der Waals surface area contributed by atoms with Gasteiger partial charge in [0.05, 0.1) is 16.9 Å². The van der Waals surface area contributed by atoms with Crippen molar-refractivity contribution in [2.75, 3.05) is 0 Å². The van der Waals surface area contributed by atoms with Gasteiger partial charge in [0.15, 0.2) is 0 Å². The first-order valence-corrected chi connectivity index (χ1v) is 6.29. The second-order valence-electron chi connectivity index (χ2n) is 4.52. The molecule has 0 bridgehead atoms. The molecule has 0 aliphatic heterocycles. The second-order valence-corrected chi connectivity index (χ2v) is 4.52. The summed E-state index contributed by atoms with van der Waals surface area (Å²) in [6.45, 7) is 3.68. The standard InChI is InChI=1S/C13H15N3O4/c1-3-11(17)8(2)13-14-12(15-20-13)9-4-6-10(7-5-9)16(18)19/h4-8,11,17H,3H2,1-2H3. The smallest absolute Gasteiger partial charge is 0.269 e. The zero-order valence-electron chi connectivity index (χ0n) is 11.2. The van der Waals surface area contributed by atoms with Crippen LogP contribution >= 0.6 is 0 Å². The lowest BCUT2D eigenvalue weighted by Crippen LogP contribution is -2.14. The molecule has 1 aromatic carbocycles. The first kappa shape index (κ1) is 14.1. The van der Waals surface area contributed by atoms with E-state index in [2.05, 4.69) is 10.1 Å². The number of nitro groups is 1. The normalized spacial score (nSPS) is 13.9. The van der Waals surface area contributed by atoms with Gasteiger partial charge >= 0.3 is 0 Å². The van der Waals surface area contributed by atoms with E-state index in [1.807, 2.05) is 6.92 Å². The van der Waals surface area contributed by atoms with Crippen LogP contribution in [0.2, 0.25) is 0 Å². The molecule has 2 atom stereocenters. The van der Waals surface area contributed by atoms with E-state index < -0.39 is 11.0 Å². The Morgan fingerprint density at radius 1 is 1.40 bits per heavy atom. The van der Waals surface area contributed by atoms with Gasteiger partial charge in [-0.2, -0.15) is 4.98 Å². The number of rotatable bonds is 5. The Hall–Kier alpha value is -2.28. The molecular formula is C13H15N3O4. The van der Waals surface area contributed by atoms with Crippen LogP contribution in [0.1, 0.15) is 32.1 Å². The molecule has 2 rings (SSSR count). The van der Waals surface area contributed by atoms with Gasteiger partial charge < -0.3 is 9.63 Å². The van der Waals surface area contributed by atoms with Crippen LogP contribution in [0.5, 0.6) is 0 Å². The van der Waals surface area contributed by atoms with E-state index in [0.717, 1.165) is 0 Å². The molecule has 0 aliphatic rings. The number of non-ortho nitro benzene ring substituents is 1. The monoisotopic (exact) mass is 277 g/mol. The van der Waals surface area contributed by atoms with E-state index in [0.29, 0.717) is 23.7 Å². The van der Waals surface area contributed by atoms with Crippen molar-refractivity contribution in [3.63, 3.8) is 0 Å². The van der Waals surface area contributed by atoms with Crippen molar-refractivity contribution >= 4 is 5.69 Å². The molecule has 7 nitrogen and oxygen atoms in total. The number of hydrogen-bond donors (Lipinski definition) is 1. The van der Waals surface area contributed by atoms with Crippen LogP contribution in [-0.4, -0.2) is 26.3 Å². The third kappa shape index (κ3) is 2.83. The molecule has 1 heterocycles. The molecule has 1 aromatic heterocycles. The minimum Gasteiger partial charge on any atom is -0.392 e. The van der Waals surface area contributed by atoms with E-state index in [4.69, 9.17) is 4.52 Å². The predicted octanol–water partition coefficient (Wildman–Crippen LogP) is 2.52. The highest BCUT2D eigenvalue weighted by Crippen LogP contribution is 2.24. The van der Waals surface area contributed by atoms with Crippen molar-refractivity contribution in [3.05, 3.63) is 40.3 Å². The van der Waals surface area contributed by atoms with Gasteiger partial charge in [0.25, 0.3) is 5.69 Å².